The van der Waals surface area contributed by atoms with Gasteiger partial charge in [-0.05, 0) is 31.9 Å². The van der Waals surface area contributed by atoms with Crippen molar-refractivity contribution >= 4 is 27.4 Å². The highest BCUT2D eigenvalue weighted by Crippen LogP contribution is 2.30. The van der Waals surface area contributed by atoms with Crippen molar-refractivity contribution in [2.45, 2.75) is 45.2 Å². The number of rotatable bonds is 10. The van der Waals surface area contributed by atoms with E-state index in [1.807, 2.05) is 11.8 Å². The number of methoxy groups -OCH3 is 1. The number of aliphatic hydroxyl groups excluding tert-OH is 1. The van der Waals surface area contributed by atoms with Crippen molar-refractivity contribution in [3.63, 3.8) is 0 Å². The van der Waals surface area contributed by atoms with Crippen molar-refractivity contribution in [3.8, 4) is 0 Å². The van der Waals surface area contributed by atoms with Crippen LogP contribution in [-0.4, -0.2) is 93.0 Å². The zero-order chi connectivity index (χ0) is 28.2. The van der Waals surface area contributed by atoms with Gasteiger partial charge in [0.1, 0.15) is 5.82 Å². The van der Waals surface area contributed by atoms with Crippen LogP contribution in [0.4, 0.5) is 16.0 Å². The molecule has 2 aromatic rings. The molecule has 10 nitrogen and oxygen atoms in total. The quantitative estimate of drug-likeness (QED) is 0.475. The second-order valence-corrected chi connectivity index (χ2v) is 11.8. The van der Waals surface area contributed by atoms with Gasteiger partial charge in [0.25, 0.3) is 5.91 Å². The van der Waals surface area contributed by atoms with Gasteiger partial charge in [-0.1, -0.05) is 13.8 Å². The molecule has 0 bridgehead atoms. The number of hydrogen-bond acceptors (Lipinski definition) is 9. The van der Waals surface area contributed by atoms with E-state index in [1.165, 1.54) is 12.1 Å². The fourth-order valence-electron chi connectivity index (χ4n) is 4.71. The standard InChI is InChI=1S/C26H38FN5O5S/c1-7-30(10-11-37-5)25(34)20-14-28-26(29-18(20)4)32-9-8-31(15-23(32)17(2)3)19-12-22(27)21(16-33)24(13-19)38(6,35)36/h12-14,17,23,33H,7-11,15-16H2,1-6H3/t23-/m0/s1. The molecule has 1 aliphatic rings. The summed E-state index contributed by atoms with van der Waals surface area (Å²) in [5.41, 5.74) is 1.25. The number of nitrogens with zero attached hydrogens (tertiary/aromatic N) is 5. The Morgan fingerprint density at radius 3 is 2.58 bits per heavy atom. The highest BCUT2D eigenvalue weighted by Gasteiger charge is 2.33. The molecule has 0 spiro atoms. The second-order valence-electron chi connectivity index (χ2n) is 9.83. The highest BCUT2D eigenvalue weighted by atomic mass is 32.2. The van der Waals surface area contributed by atoms with Gasteiger partial charge < -0.3 is 24.5 Å². The van der Waals surface area contributed by atoms with Gasteiger partial charge >= 0.3 is 0 Å². The van der Waals surface area contributed by atoms with Gasteiger partial charge in [-0.25, -0.2) is 22.8 Å². The van der Waals surface area contributed by atoms with E-state index in [0.29, 0.717) is 62.2 Å². The number of amides is 1. The lowest BCUT2D eigenvalue weighted by Gasteiger charge is -2.44. The average Bonchev–Trinajstić information content (AvgIpc) is 2.87. The molecule has 38 heavy (non-hydrogen) atoms. The van der Waals surface area contributed by atoms with Crippen LogP contribution in [0.3, 0.4) is 0 Å². The van der Waals surface area contributed by atoms with Crippen molar-refractivity contribution < 1.29 is 27.4 Å². The number of benzene rings is 1. The van der Waals surface area contributed by atoms with Gasteiger partial charge in [-0.15, -0.1) is 0 Å². The molecule has 1 amide bonds. The molecule has 3 rings (SSSR count). The molecule has 1 atom stereocenters. The van der Waals surface area contributed by atoms with Gasteiger partial charge in [0, 0.05) is 63.5 Å². The summed E-state index contributed by atoms with van der Waals surface area (Å²) in [4.78, 5) is 27.8. The smallest absolute Gasteiger partial charge is 0.257 e. The fraction of sp³-hybridized carbons (Fsp3) is 0.577. The largest absolute Gasteiger partial charge is 0.392 e. The SMILES string of the molecule is CCN(CCOC)C(=O)c1cnc(N2CCN(c3cc(F)c(CO)c(S(C)(=O)=O)c3)C[C@H]2C(C)C)nc1C. The first kappa shape index (κ1) is 29.7. The number of anilines is 2. The number of halogens is 1. The first-order valence-corrected chi connectivity index (χ1v) is 14.6. The molecule has 210 valence electrons. The summed E-state index contributed by atoms with van der Waals surface area (Å²) in [6, 6.07) is 2.65. The van der Waals surface area contributed by atoms with E-state index in [1.54, 1.807) is 25.1 Å². The van der Waals surface area contributed by atoms with Crippen LogP contribution in [0.1, 0.15) is 42.4 Å². The topological polar surface area (TPSA) is 116 Å². The summed E-state index contributed by atoms with van der Waals surface area (Å²) in [7, 11) is -2.14. The monoisotopic (exact) mass is 551 g/mol. The number of aromatic nitrogens is 2. The van der Waals surface area contributed by atoms with Crippen LogP contribution >= 0.6 is 0 Å². The van der Waals surface area contributed by atoms with Crippen molar-refractivity contribution in [2.75, 3.05) is 62.5 Å². The third-order valence-electron chi connectivity index (χ3n) is 6.94. The number of carbonyl (C=O) groups excluding carboxylic acids is 1. The van der Waals surface area contributed by atoms with Gasteiger partial charge in [-0.3, -0.25) is 4.79 Å². The van der Waals surface area contributed by atoms with Crippen LogP contribution in [0.25, 0.3) is 0 Å². The summed E-state index contributed by atoms with van der Waals surface area (Å²) in [6.45, 7) is 10.1. The zero-order valence-electron chi connectivity index (χ0n) is 22.9. The Bertz CT molecular complexity index is 1260. The highest BCUT2D eigenvalue weighted by molar-refractivity contribution is 7.90. The Morgan fingerprint density at radius 2 is 2.03 bits per heavy atom. The third kappa shape index (κ3) is 6.41. The van der Waals surface area contributed by atoms with Gasteiger partial charge in [-0.2, -0.15) is 0 Å². The summed E-state index contributed by atoms with van der Waals surface area (Å²) < 4.78 is 44.4. The summed E-state index contributed by atoms with van der Waals surface area (Å²) in [6.07, 6.45) is 2.57. The Hall–Kier alpha value is -2.83. The van der Waals surface area contributed by atoms with E-state index in [9.17, 15) is 22.7 Å². The van der Waals surface area contributed by atoms with Crippen LogP contribution in [-0.2, 0) is 21.2 Å². The lowest BCUT2D eigenvalue weighted by molar-refractivity contribution is 0.0704. The van der Waals surface area contributed by atoms with Crippen LogP contribution in [0.15, 0.2) is 23.2 Å². The molecule has 1 saturated heterocycles. The van der Waals surface area contributed by atoms with Gasteiger partial charge in [0.15, 0.2) is 9.84 Å². The number of aliphatic hydroxyl groups is 1. The van der Waals surface area contributed by atoms with E-state index in [-0.39, 0.29) is 28.3 Å². The fourth-order valence-corrected chi connectivity index (χ4v) is 5.65. The molecule has 1 aromatic carbocycles. The van der Waals surface area contributed by atoms with Crippen molar-refractivity contribution in [2.24, 2.45) is 5.92 Å². The van der Waals surface area contributed by atoms with Gasteiger partial charge in [0.05, 0.1) is 35.4 Å². The van der Waals surface area contributed by atoms with E-state index in [2.05, 4.69) is 28.7 Å². The molecule has 0 saturated carbocycles. The Kier molecular flexibility index (Phi) is 9.66. The number of carbonyl (C=O) groups is 1. The molecule has 1 aromatic heterocycles. The van der Waals surface area contributed by atoms with Gasteiger partial charge in [0.2, 0.25) is 5.95 Å². The minimum atomic E-state index is -3.74. The number of ether oxygens (including phenoxy) is 1. The molecule has 12 heteroatoms. The molecule has 0 radical (unpaired) electrons. The Morgan fingerprint density at radius 1 is 1.32 bits per heavy atom. The first-order chi connectivity index (χ1) is 17.9. The lowest BCUT2D eigenvalue weighted by Crippen LogP contribution is -2.56. The molecule has 2 heterocycles. The van der Waals surface area contributed by atoms with E-state index in [4.69, 9.17) is 4.74 Å². The molecule has 0 unspecified atom stereocenters. The molecule has 1 aliphatic heterocycles. The van der Waals surface area contributed by atoms with Crippen LogP contribution in [0.5, 0.6) is 0 Å². The summed E-state index contributed by atoms with van der Waals surface area (Å²) >= 11 is 0. The maximum atomic E-state index is 14.8. The maximum absolute atomic E-state index is 14.8. The Balaban J connectivity index is 1.88. The predicted octanol–water partition coefficient (Wildman–Crippen LogP) is 2.28. The minimum Gasteiger partial charge on any atom is -0.392 e. The average molecular weight is 552 g/mol. The third-order valence-corrected chi connectivity index (χ3v) is 8.10. The van der Waals surface area contributed by atoms with Crippen molar-refractivity contribution in [1.82, 2.24) is 14.9 Å². The first-order valence-electron chi connectivity index (χ1n) is 12.7. The molecular weight excluding hydrogens is 513 g/mol. The number of piperazine rings is 1. The van der Waals surface area contributed by atoms with E-state index >= 15 is 0 Å². The zero-order valence-corrected chi connectivity index (χ0v) is 23.8. The molecule has 1 N–H and O–H groups in total. The number of sulfone groups is 1. The van der Waals surface area contributed by atoms with Crippen LogP contribution in [0, 0.1) is 18.7 Å². The van der Waals surface area contributed by atoms with E-state index in [0.717, 1.165) is 6.26 Å². The summed E-state index contributed by atoms with van der Waals surface area (Å²) in [5, 5.41) is 9.53. The van der Waals surface area contributed by atoms with Crippen LogP contribution in [0.2, 0.25) is 0 Å². The van der Waals surface area contributed by atoms with Crippen molar-refractivity contribution in [1.29, 1.82) is 0 Å². The normalized spacial score (nSPS) is 16.3. The van der Waals surface area contributed by atoms with Crippen LogP contribution < -0.4 is 9.80 Å². The molecular formula is C26H38FN5O5S. The summed E-state index contributed by atoms with van der Waals surface area (Å²) in [5.74, 6) is -0.215. The minimum absolute atomic E-state index is 0.0548. The molecule has 1 fully saturated rings. The number of hydrogen-bond donors (Lipinski definition) is 1. The van der Waals surface area contributed by atoms with Crippen molar-refractivity contribution in [3.05, 3.63) is 41.0 Å². The Labute approximate surface area is 224 Å². The predicted molar refractivity (Wildman–Crippen MR) is 144 cm³/mol. The number of likely N-dealkylation sites (N-methyl/N-ethyl adjacent to an activating group) is 1. The number of aryl methyl sites for hydroxylation is 1. The second kappa shape index (κ2) is 12.4. The maximum Gasteiger partial charge on any atom is 0.257 e. The van der Waals surface area contributed by atoms with E-state index < -0.39 is 22.3 Å². The molecule has 0 aliphatic carbocycles. The lowest BCUT2D eigenvalue weighted by atomic mass is 9.99.